The number of hydrogen-bond donors (Lipinski definition) is 2. The second-order valence-electron chi connectivity index (χ2n) is 8.56. The van der Waals surface area contributed by atoms with Crippen LogP contribution in [0.1, 0.15) is 24.8 Å². The number of carbonyl (C=O) groups excluding carboxylic acids is 2. The summed E-state index contributed by atoms with van der Waals surface area (Å²) in [5.41, 5.74) is 3.76. The molecule has 38 heavy (non-hydrogen) atoms. The van der Waals surface area contributed by atoms with Gasteiger partial charge in [-0.1, -0.05) is 36.4 Å². The largest absolute Gasteiger partial charge is 0.492 e. The molecule has 0 amide bonds. The fourth-order valence-corrected chi connectivity index (χ4v) is 5.63. The van der Waals surface area contributed by atoms with Gasteiger partial charge < -0.3 is 24.7 Å². The summed E-state index contributed by atoms with van der Waals surface area (Å²) < 4.78 is 7.86. The summed E-state index contributed by atoms with van der Waals surface area (Å²) in [7, 11) is 0. The van der Waals surface area contributed by atoms with Crippen molar-refractivity contribution < 1.29 is 29.4 Å². The van der Waals surface area contributed by atoms with Crippen LogP contribution in [-0.4, -0.2) is 33.4 Å². The van der Waals surface area contributed by atoms with Gasteiger partial charge in [0.15, 0.2) is 5.75 Å². The third-order valence-corrected chi connectivity index (χ3v) is 7.40. The van der Waals surface area contributed by atoms with Crippen LogP contribution in [0.4, 0.5) is 5.69 Å². The minimum Gasteiger partial charge on any atom is -0.492 e. The molecule has 2 N–H and O–H groups in total. The lowest BCUT2D eigenvalue weighted by atomic mass is 9.87. The van der Waals surface area contributed by atoms with Gasteiger partial charge in [-0.25, -0.2) is 9.59 Å². The number of halogens is 2. The fourth-order valence-electron chi connectivity index (χ4n) is 4.47. The normalized spacial score (nSPS) is 14.1. The van der Waals surface area contributed by atoms with E-state index in [0.29, 0.717) is 44.4 Å². The summed E-state index contributed by atoms with van der Waals surface area (Å²) in [5.74, 6) is -1.41. The van der Waals surface area contributed by atoms with Crippen LogP contribution in [0.3, 0.4) is 0 Å². The molecule has 10 heteroatoms. The molecular weight excluding hydrogens is 620 g/mol. The van der Waals surface area contributed by atoms with Crippen LogP contribution in [0.5, 0.6) is 17.5 Å². The molecule has 0 saturated heterocycles. The maximum absolute atomic E-state index is 13.6. The number of nitrogens with zero attached hydrogens (tertiary/aromatic N) is 2. The highest BCUT2D eigenvalue weighted by molar-refractivity contribution is 9.11. The lowest BCUT2D eigenvalue weighted by Crippen LogP contribution is -2.32. The van der Waals surface area contributed by atoms with Crippen LogP contribution in [0.2, 0.25) is 0 Å². The highest BCUT2D eigenvalue weighted by Gasteiger charge is 2.33. The topological polar surface area (TPSA) is 101 Å². The van der Waals surface area contributed by atoms with E-state index in [1.165, 1.54) is 12.1 Å². The van der Waals surface area contributed by atoms with E-state index < -0.39 is 11.9 Å². The van der Waals surface area contributed by atoms with Gasteiger partial charge in [0.05, 0.1) is 14.5 Å². The van der Waals surface area contributed by atoms with Crippen molar-refractivity contribution in [2.24, 2.45) is 0 Å². The molecule has 0 radical (unpaired) electrons. The number of anilines is 1. The Labute approximate surface area is 235 Å². The van der Waals surface area contributed by atoms with Crippen LogP contribution < -0.4 is 14.5 Å². The van der Waals surface area contributed by atoms with Crippen molar-refractivity contribution in [1.82, 2.24) is 4.73 Å². The monoisotopic (exact) mass is 640 g/mol. The maximum Gasteiger partial charge on any atom is 0.344 e. The Hall–Kier alpha value is -3.76. The Balaban J connectivity index is 1.40. The standard InChI is InChI=1S/C28H22Br2N2O6/c29-19-9-5-10-20(30)27(19)37-28(36)26-17-7-1-3-11-21(17)31(22-12-4-2-8-18(22)26)16-6-13-25(35)38-32-23(33)14-15-24(32)34/h1-5,7,9-12,14-15,33-34H,6,8,13,16H2. The number of aromatic nitrogens is 1. The number of esters is 1. The van der Waals surface area contributed by atoms with Crippen molar-refractivity contribution in [3.05, 3.63) is 98.6 Å². The Morgan fingerprint density at radius 3 is 2.39 bits per heavy atom. The molecule has 2 aliphatic rings. The van der Waals surface area contributed by atoms with E-state index in [4.69, 9.17) is 9.57 Å². The van der Waals surface area contributed by atoms with Gasteiger partial charge in [-0.05, 0) is 74.5 Å². The Bertz CT molecular complexity index is 1480. The van der Waals surface area contributed by atoms with E-state index in [-0.39, 0.29) is 18.2 Å². The first kappa shape index (κ1) is 25.9. The summed E-state index contributed by atoms with van der Waals surface area (Å²) in [6.07, 6.45) is 6.90. The summed E-state index contributed by atoms with van der Waals surface area (Å²) in [6, 6.07) is 15.5. The van der Waals surface area contributed by atoms with E-state index in [0.717, 1.165) is 22.5 Å². The first-order chi connectivity index (χ1) is 18.3. The molecule has 8 nitrogen and oxygen atoms in total. The van der Waals surface area contributed by atoms with Crippen LogP contribution >= 0.6 is 31.9 Å². The van der Waals surface area contributed by atoms with Gasteiger partial charge in [0, 0.05) is 42.0 Å². The quantitative estimate of drug-likeness (QED) is 0.245. The summed E-state index contributed by atoms with van der Waals surface area (Å²) in [5, 5.41) is 19.4. The van der Waals surface area contributed by atoms with Gasteiger partial charge in [-0.15, -0.1) is 4.73 Å². The molecular formula is C28H22Br2N2O6. The lowest BCUT2D eigenvalue weighted by molar-refractivity contribution is -0.145. The lowest BCUT2D eigenvalue weighted by Gasteiger charge is -2.37. The minimum absolute atomic E-state index is 0.0445. The van der Waals surface area contributed by atoms with Crippen LogP contribution in [-0.2, 0) is 9.59 Å². The molecule has 194 valence electrons. The Morgan fingerprint density at radius 2 is 1.66 bits per heavy atom. The number of rotatable bonds is 7. The van der Waals surface area contributed by atoms with Crippen molar-refractivity contribution in [2.45, 2.75) is 19.3 Å². The van der Waals surface area contributed by atoms with E-state index in [9.17, 15) is 19.8 Å². The zero-order valence-electron chi connectivity index (χ0n) is 19.9. The molecule has 5 rings (SSSR count). The van der Waals surface area contributed by atoms with Crippen LogP contribution in [0.15, 0.2) is 93.0 Å². The van der Waals surface area contributed by atoms with Crippen LogP contribution in [0.25, 0.3) is 5.57 Å². The minimum atomic E-state index is -0.603. The zero-order chi connectivity index (χ0) is 26.8. The van der Waals surface area contributed by atoms with Gasteiger partial charge in [0.1, 0.15) is 0 Å². The molecule has 0 unspecified atom stereocenters. The molecule has 0 fully saturated rings. The molecule has 2 heterocycles. The highest BCUT2D eigenvalue weighted by atomic mass is 79.9. The van der Waals surface area contributed by atoms with Gasteiger partial charge >= 0.3 is 11.9 Å². The average molecular weight is 642 g/mol. The number of ether oxygens (including phenoxy) is 1. The number of hydrogen-bond acceptors (Lipinski definition) is 7. The third-order valence-electron chi connectivity index (χ3n) is 6.15. The van der Waals surface area contributed by atoms with Crippen molar-refractivity contribution >= 4 is 55.1 Å². The van der Waals surface area contributed by atoms with Crippen molar-refractivity contribution in [1.29, 1.82) is 0 Å². The predicted octanol–water partition coefficient (Wildman–Crippen LogP) is 5.88. The highest BCUT2D eigenvalue weighted by Crippen LogP contribution is 2.44. The second kappa shape index (κ2) is 10.9. The number of allylic oxidation sites excluding steroid dienone is 4. The number of fused-ring (bicyclic) bond motifs is 2. The number of para-hydroxylation sites is 2. The van der Waals surface area contributed by atoms with E-state index in [2.05, 4.69) is 36.8 Å². The number of carbonyl (C=O) groups is 2. The summed E-state index contributed by atoms with van der Waals surface area (Å²) in [4.78, 5) is 33.1. The first-order valence-electron chi connectivity index (χ1n) is 11.8. The number of benzene rings is 2. The SMILES string of the molecule is O=C(CCCN1C2=CC=CCC2=C(C(=O)Oc2c(Br)cccc2Br)c2ccccc21)On1c(O)ccc1O. The molecule has 1 aliphatic heterocycles. The Kier molecular flexibility index (Phi) is 7.44. The molecule has 0 atom stereocenters. The summed E-state index contributed by atoms with van der Waals surface area (Å²) in [6.45, 7) is 0.469. The molecule has 0 saturated carbocycles. The smallest absolute Gasteiger partial charge is 0.344 e. The molecule has 3 aromatic rings. The molecule has 2 aromatic carbocycles. The van der Waals surface area contributed by atoms with E-state index in [1.807, 2.05) is 48.6 Å². The Morgan fingerprint density at radius 1 is 0.947 bits per heavy atom. The van der Waals surface area contributed by atoms with Gasteiger partial charge in [0.25, 0.3) is 0 Å². The van der Waals surface area contributed by atoms with Gasteiger partial charge in [-0.2, -0.15) is 0 Å². The van der Waals surface area contributed by atoms with Crippen molar-refractivity contribution in [2.75, 3.05) is 11.4 Å². The van der Waals surface area contributed by atoms with E-state index >= 15 is 0 Å². The van der Waals surface area contributed by atoms with Crippen molar-refractivity contribution in [3.63, 3.8) is 0 Å². The molecule has 0 spiro atoms. The zero-order valence-corrected chi connectivity index (χ0v) is 23.1. The summed E-state index contributed by atoms with van der Waals surface area (Å²) >= 11 is 6.91. The molecule has 1 aromatic heterocycles. The van der Waals surface area contributed by atoms with E-state index in [1.54, 1.807) is 12.1 Å². The molecule has 1 aliphatic carbocycles. The molecule has 0 bridgehead atoms. The number of aromatic hydroxyl groups is 2. The van der Waals surface area contributed by atoms with Crippen LogP contribution in [0, 0.1) is 0 Å². The third kappa shape index (κ3) is 5.01. The second-order valence-corrected chi connectivity index (χ2v) is 10.3. The first-order valence-corrected chi connectivity index (χ1v) is 13.4. The fraction of sp³-hybridized carbons (Fsp3) is 0.143. The average Bonchev–Trinajstić information content (AvgIpc) is 3.22. The van der Waals surface area contributed by atoms with Crippen molar-refractivity contribution in [3.8, 4) is 17.5 Å². The predicted molar refractivity (Wildman–Crippen MR) is 149 cm³/mol. The van der Waals surface area contributed by atoms with Gasteiger partial charge in [0.2, 0.25) is 11.8 Å². The maximum atomic E-state index is 13.6. The van der Waals surface area contributed by atoms with Gasteiger partial charge in [-0.3, -0.25) is 0 Å².